The number of nitrogens with zero attached hydrogens (tertiary/aromatic N) is 2. The van der Waals surface area contributed by atoms with Crippen LogP contribution in [-0.4, -0.2) is 36.0 Å². The van der Waals surface area contributed by atoms with E-state index in [4.69, 9.17) is 0 Å². The molecule has 0 fully saturated rings. The third-order valence-corrected chi connectivity index (χ3v) is 2.98. The zero-order valence-electron chi connectivity index (χ0n) is 8.80. The van der Waals surface area contributed by atoms with E-state index in [1.54, 1.807) is 17.9 Å². The summed E-state index contributed by atoms with van der Waals surface area (Å²) in [6, 6.07) is 0. The molecule has 84 valence electrons. The predicted octanol–water partition coefficient (Wildman–Crippen LogP) is 0.428. The van der Waals surface area contributed by atoms with Crippen LogP contribution in [0, 0.1) is 0 Å². The van der Waals surface area contributed by atoms with Crippen LogP contribution in [-0.2, 0) is 16.9 Å². The summed E-state index contributed by atoms with van der Waals surface area (Å²) in [7, 11) is -1.24. The van der Waals surface area contributed by atoms with Crippen LogP contribution in [0.5, 0.6) is 0 Å². The van der Waals surface area contributed by atoms with Crippen LogP contribution < -0.4 is 0 Å². The number of hydrogen-bond donors (Lipinski definition) is 0. The summed E-state index contributed by atoms with van der Waals surface area (Å²) in [6.07, 6.45) is 4.90. The van der Waals surface area contributed by atoms with Gasteiger partial charge in [-0.2, -0.15) is 5.10 Å². The zero-order valence-corrected chi connectivity index (χ0v) is 9.62. The molecule has 0 saturated heterocycles. The predicted molar refractivity (Wildman–Crippen MR) is 56.5 cm³/mol. The van der Waals surface area contributed by atoms with Crippen molar-refractivity contribution in [2.75, 3.05) is 12.0 Å². The molecule has 1 aromatic rings. The van der Waals surface area contributed by atoms with Gasteiger partial charge in [0.1, 0.15) is 9.84 Å². The van der Waals surface area contributed by atoms with Crippen LogP contribution >= 0.6 is 0 Å². The first-order chi connectivity index (χ1) is 6.88. The Balaban J connectivity index is 2.44. The van der Waals surface area contributed by atoms with Crippen molar-refractivity contribution in [2.24, 2.45) is 7.05 Å². The molecule has 0 aromatic carbocycles. The topological polar surface area (TPSA) is 69.0 Å². The average molecular weight is 230 g/mol. The van der Waals surface area contributed by atoms with Gasteiger partial charge in [-0.15, -0.1) is 0 Å². The van der Waals surface area contributed by atoms with Gasteiger partial charge in [0.2, 0.25) is 0 Å². The minimum absolute atomic E-state index is 0.0546. The number of ketones is 1. The van der Waals surface area contributed by atoms with Gasteiger partial charge in [0.25, 0.3) is 0 Å². The normalized spacial score (nSPS) is 11.6. The van der Waals surface area contributed by atoms with Crippen LogP contribution in [0.2, 0.25) is 0 Å². The Labute approximate surface area is 89.0 Å². The molecule has 0 atom stereocenters. The molecule has 1 rings (SSSR count). The Kier molecular flexibility index (Phi) is 3.62. The van der Waals surface area contributed by atoms with Crippen molar-refractivity contribution in [3.05, 3.63) is 18.0 Å². The van der Waals surface area contributed by atoms with Gasteiger partial charge >= 0.3 is 0 Å². The maximum atomic E-state index is 11.5. The van der Waals surface area contributed by atoms with Crippen LogP contribution in [0.25, 0.3) is 0 Å². The summed E-state index contributed by atoms with van der Waals surface area (Å²) < 4.78 is 23.2. The average Bonchev–Trinajstić information content (AvgIpc) is 2.49. The molecular weight excluding hydrogens is 216 g/mol. The summed E-state index contributed by atoms with van der Waals surface area (Å²) in [5.74, 6) is -0.00863. The summed E-state index contributed by atoms with van der Waals surface area (Å²) in [5, 5.41) is 3.87. The van der Waals surface area contributed by atoms with Gasteiger partial charge in [-0.05, 0) is 6.42 Å². The van der Waals surface area contributed by atoms with Gasteiger partial charge in [0.15, 0.2) is 5.78 Å². The van der Waals surface area contributed by atoms with E-state index in [1.165, 1.54) is 12.5 Å². The fourth-order valence-electron chi connectivity index (χ4n) is 1.20. The van der Waals surface area contributed by atoms with Crippen molar-refractivity contribution < 1.29 is 13.2 Å². The van der Waals surface area contributed by atoms with Crippen molar-refractivity contribution in [3.63, 3.8) is 0 Å². The summed E-state index contributed by atoms with van der Waals surface area (Å²) in [5.41, 5.74) is 0.533. The van der Waals surface area contributed by atoms with Crippen molar-refractivity contribution in [2.45, 2.75) is 12.8 Å². The van der Waals surface area contributed by atoms with Gasteiger partial charge in [0.05, 0.1) is 17.5 Å². The van der Waals surface area contributed by atoms with Crippen molar-refractivity contribution in [1.29, 1.82) is 0 Å². The first kappa shape index (κ1) is 11.9. The maximum absolute atomic E-state index is 11.5. The Bertz CT molecular complexity index is 448. The highest BCUT2D eigenvalue weighted by molar-refractivity contribution is 7.90. The second kappa shape index (κ2) is 4.57. The van der Waals surface area contributed by atoms with Gasteiger partial charge < -0.3 is 0 Å². The molecule has 0 N–H and O–H groups in total. The van der Waals surface area contributed by atoms with Crippen LogP contribution in [0.3, 0.4) is 0 Å². The Morgan fingerprint density at radius 3 is 2.67 bits per heavy atom. The molecule has 0 bridgehead atoms. The maximum Gasteiger partial charge on any atom is 0.166 e. The number of Topliss-reactive ketones (excluding diaryl/α,β-unsaturated/α-hetero) is 1. The molecule has 15 heavy (non-hydrogen) atoms. The minimum Gasteiger partial charge on any atom is -0.294 e. The van der Waals surface area contributed by atoms with E-state index < -0.39 is 9.84 Å². The van der Waals surface area contributed by atoms with Crippen LogP contribution in [0.15, 0.2) is 12.4 Å². The number of sulfone groups is 1. The first-order valence-electron chi connectivity index (χ1n) is 4.58. The molecule has 0 aliphatic carbocycles. The minimum atomic E-state index is -2.97. The smallest absolute Gasteiger partial charge is 0.166 e. The van der Waals surface area contributed by atoms with Gasteiger partial charge in [0, 0.05) is 25.9 Å². The molecule has 6 heteroatoms. The van der Waals surface area contributed by atoms with Crippen molar-refractivity contribution in [1.82, 2.24) is 9.78 Å². The molecule has 1 heterocycles. The number of hydrogen-bond acceptors (Lipinski definition) is 4. The van der Waals surface area contributed by atoms with Crippen molar-refractivity contribution >= 4 is 15.6 Å². The third kappa shape index (κ3) is 4.24. The summed E-state index contributed by atoms with van der Waals surface area (Å²) in [6.45, 7) is 0. The van der Waals surface area contributed by atoms with E-state index in [0.717, 1.165) is 0 Å². The van der Waals surface area contributed by atoms with Crippen LogP contribution in [0.4, 0.5) is 0 Å². The largest absolute Gasteiger partial charge is 0.294 e. The lowest BCUT2D eigenvalue weighted by Crippen LogP contribution is -2.06. The molecule has 0 radical (unpaired) electrons. The van der Waals surface area contributed by atoms with Gasteiger partial charge in [-0.25, -0.2) is 8.42 Å². The number of aryl methyl sites for hydroxylation is 1. The highest BCUT2D eigenvalue weighted by Crippen LogP contribution is 2.04. The quantitative estimate of drug-likeness (QED) is 0.688. The molecule has 0 aliphatic rings. The van der Waals surface area contributed by atoms with E-state index >= 15 is 0 Å². The Morgan fingerprint density at radius 1 is 1.53 bits per heavy atom. The number of rotatable bonds is 5. The Morgan fingerprint density at radius 2 is 2.20 bits per heavy atom. The van der Waals surface area contributed by atoms with E-state index in [0.29, 0.717) is 12.0 Å². The van der Waals surface area contributed by atoms with Gasteiger partial charge in [-0.3, -0.25) is 9.48 Å². The molecule has 0 spiro atoms. The molecule has 0 aliphatic heterocycles. The summed E-state index contributed by atoms with van der Waals surface area (Å²) >= 11 is 0. The van der Waals surface area contributed by atoms with E-state index in [2.05, 4.69) is 5.10 Å². The molecular formula is C9H14N2O3S. The fourth-order valence-corrected chi connectivity index (χ4v) is 1.87. The SMILES string of the molecule is Cn1cc(C(=O)CCCS(C)(=O)=O)cn1. The van der Waals surface area contributed by atoms with Crippen LogP contribution in [0.1, 0.15) is 23.2 Å². The van der Waals surface area contributed by atoms with Gasteiger partial charge in [-0.1, -0.05) is 0 Å². The first-order valence-corrected chi connectivity index (χ1v) is 6.64. The highest BCUT2D eigenvalue weighted by atomic mass is 32.2. The lowest BCUT2D eigenvalue weighted by atomic mass is 10.1. The molecule has 0 amide bonds. The third-order valence-electron chi connectivity index (χ3n) is 1.95. The van der Waals surface area contributed by atoms with E-state index in [-0.39, 0.29) is 18.0 Å². The van der Waals surface area contributed by atoms with E-state index in [1.807, 2.05) is 0 Å². The number of carbonyl (C=O) groups excluding carboxylic acids is 1. The molecule has 5 nitrogen and oxygen atoms in total. The molecule has 0 unspecified atom stereocenters. The fraction of sp³-hybridized carbons (Fsp3) is 0.556. The monoisotopic (exact) mass is 230 g/mol. The molecule has 1 aromatic heterocycles. The lowest BCUT2D eigenvalue weighted by Gasteiger charge is -1.97. The zero-order chi connectivity index (χ0) is 11.5. The molecule has 0 saturated carbocycles. The second-order valence-electron chi connectivity index (χ2n) is 3.56. The summed E-state index contributed by atoms with van der Waals surface area (Å²) in [4.78, 5) is 11.5. The standard InChI is InChI=1S/C9H14N2O3S/c1-11-7-8(6-10-11)9(12)4-3-5-15(2,13)14/h6-7H,3-5H2,1-2H3. The Hall–Kier alpha value is -1.17. The lowest BCUT2D eigenvalue weighted by molar-refractivity contribution is 0.0982. The van der Waals surface area contributed by atoms with E-state index in [9.17, 15) is 13.2 Å². The highest BCUT2D eigenvalue weighted by Gasteiger charge is 2.09. The van der Waals surface area contributed by atoms with Crippen molar-refractivity contribution in [3.8, 4) is 0 Å². The number of carbonyl (C=O) groups is 1. The second-order valence-corrected chi connectivity index (χ2v) is 5.82. The number of aromatic nitrogens is 2.